The summed E-state index contributed by atoms with van der Waals surface area (Å²) in [5, 5.41) is 0. The number of Topliss-reactive ketones (excluding diaryl/α,β-unsaturated/α-hetero) is 1. The van der Waals surface area contributed by atoms with Crippen molar-refractivity contribution in [2.75, 3.05) is 18.1 Å². The summed E-state index contributed by atoms with van der Waals surface area (Å²) < 4.78 is 19.0. The van der Waals surface area contributed by atoms with Crippen molar-refractivity contribution in [3.05, 3.63) is 0 Å². The topological polar surface area (TPSA) is 43.4 Å². The summed E-state index contributed by atoms with van der Waals surface area (Å²) in [5.74, 6) is -0.276. The van der Waals surface area contributed by atoms with E-state index >= 15 is 0 Å². The molecule has 3 aliphatic rings. The van der Waals surface area contributed by atoms with Crippen molar-refractivity contribution in [2.24, 2.45) is 11.8 Å². The molecule has 3 rings (SSSR count). The third-order valence-electron chi connectivity index (χ3n) is 3.74. The lowest BCUT2D eigenvalue weighted by atomic mass is 10.1. The van der Waals surface area contributed by atoms with E-state index < -0.39 is 23.5 Å². The Bertz CT molecular complexity index is 394. The van der Waals surface area contributed by atoms with E-state index in [4.69, 9.17) is 4.74 Å². The predicted molar refractivity (Wildman–Crippen MR) is 64.7 cm³/mol. The summed E-state index contributed by atoms with van der Waals surface area (Å²) >= 11 is 3.28. The van der Waals surface area contributed by atoms with E-state index in [2.05, 4.69) is 0 Å². The van der Waals surface area contributed by atoms with E-state index in [0.29, 0.717) is 6.42 Å². The zero-order valence-corrected chi connectivity index (χ0v) is 11.0. The van der Waals surface area contributed by atoms with Crippen LogP contribution in [0.25, 0.3) is 0 Å². The number of thioether (sulfide) groups is 2. The van der Waals surface area contributed by atoms with Crippen LogP contribution in [0, 0.1) is 11.8 Å². The number of hydrogen-bond acceptors (Lipinski definition) is 5. The second kappa shape index (κ2) is 3.63. The summed E-state index contributed by atoms with van der Waals surface area (Å²) in [5.41, 5.74) is -2.03. The van der Waals surface area contributed by atoms with Gasteiger partial charge in [-0.2, -0.15) is 0 Å². The maximum atomic E-state index is 14.6. The average molecular weight is 276 g/mol. The Labute approximate surface area is 107 Å². The molecule has 0 bridgehead atoms. The first-order valence-corrected chi connectivity index (χ1v) is 7.70. The maximum Gasteiger partial charge on any atom is 0.345 e. The van der Waals surface area contributed by atoms with Crippen molar-refractivity contribution >= 4 is 35.3 Å². The van der Waals surface area contributed by atoms with Crippen LogP contribution in [0.2, 0.25) is 0 Å². The lowest BCUT2D eigenvalue weighted by Crippen LogP contribution is -2.35. The third-order valence-corrected chi connectivity index (χ3v) is 7.29. The average Bonchev–Trinajstić information content (AvgIpc) is 2.59. The Kier molecular flexibility index (Phi) is 2.53. The molecule has 0 aromatic carbocycles. The Morgan fingerprint density at radius 2 is 2.18 bits per heavy atom. The molecule has 0 aromatic heterocycles. The van der Waals surface area contributed by atoms with Gasteiger partial charge in [0.25, 0.3) is 0 Å². The highest BCUT2D eigenvalue weighted by Crippen LogP contribution is 2.74. The minimum atomic E-state index is -2.03. The van der Waals surface area contributed by atoms with Gasteiger partial charge in [0.2, 0.25) is 5.67 Å². The zero-order chi connectivity index (χ0) is 12.3. The summed E-state index contributed by atoms with van der Waals surface area (Å²) in [7, 11) is 0. The molecule has 2 aliphatic carbocycles. The van der Waals surface area contributed by atoms with Crippen LogP contribution >= 0.6 is 23.5 Å². The summed E-state index contributed by atoms with van der Waals surface area (Å²) in [6.45, 7) is 1.81. The molecule has 6 heteroatoms. The number of fused-ring (bicyclic) bond motifs is 2. The van der Waals surface area contributed by atoms with Crippen molar-refractivity contribution in [3.8, 4) is 0 Å². The van der Waals surface area contributed by atoms with Crippen LogP contribution in [-0.4, -0.2) is 39.6 Å². The second-order valence-electron chi connectivity index (χ2n) is 4.60. The molecule has 3 nitrogen and oxygen atoms in total. The van der Waals surface area contributed by atoms with Crippen LogP contribution in [-0.2, 0) is 14.3 Å². The number of halogens is 1. The lowest BCUT2D eigenvalue weighted by Gasteiger charge is -2.25. The van der Waals surface area contributed by atoms with Gasteiger partial charge < -0.3 is 4.74 Å². The Balaban J connectivity index is 1.88. The molecule has 3 atom stereocenters. The van der Waals surface area contributed by atoms with Gasteiger partial charge >= 0.3 is 5.97 Å². The highest BCUT2D eigenvalue weighted by Gasteiger charge is 2.85. The molecule has 0 N–H and O–H groups in total. The SMILES string of the molecule is CCOC(=O)[C@]1(F)[C@H]2C(=O)CC3(SCCS3)[C@H]21. The Hall–Kier alpha value is -0.230. The van der Waals surface area contributed by atoms with Crippen molar-refractivity contribution in [3.63, 3.8) is 0 Å². The van der Waals surface area contributed by atoms with E-state index in [1.165, 1.54) is 0 Å². The van der Waals surface area contributed by atoms with Gasteiger partial charge in [-0.25, -0.2) is 9.18 Å². The van der Waals surface area contributed by atoms with E-state index in [0.717, 1.165) is 11.5 Å². The number of esters is 1. The quantitative estimate of drug-likeness (QED) is 0.718. The molecule has 94 valence electrons. The van der Waals surface area contributed by atoms with E-state index in [1.54, 1.807) is 30.4 Å². The van der Waals surface area contributed by atoms with E-state index in [-0.39, 0.29) is 16.5 Å². The van der Waals surface area contributed by atoms with Crippen LogP contribution in [0.15, 0.2) is 0 Å². The Morgan fingerprint density at radius 1 is 1.53 bits per heavy atom. The van der Waals surface area contributed by atoms with Gasteiger partial charge in [-0.3, -0.25) is 4.79 Å². The number of ether oxygens (including phenoxy) is 1. The number of alkyl halides is 1. The molecule has 0 unspecified atom stereocenters. The molecule has 17 heavy (non-hydrogen) atoms. The maximum absolute atomic E-state index is 14.6. The largest absolute Gasteiger partial charge is 0.464 e. The molecular weight excluding hydrogens is 263 g/mol. The van der Waals surface area contributed by atoms with Crippen molar-refractivity contribution < 1.29 is 18.7 Å². The van der Waals surface area contributed by atoms with Gasteiger partial charge in [-0.15, -0.1) is 23.5 Å². The van der Waals surface area contributed by atoms with Gasteiger partial charge in [-0.05, 0) is 6.92 Å². The molecular formula is C11H13FO3S2. The highest BCUT2D eigenvalue weighted by atomic mass is 32.2. The number of hydrogen-bond donors (Lipinski definition) is 0. The van der Waals surface area contributed by atoms with Crippen molar-refractivity contribution in [1.82, 2.24) is 0 Å². The standard InChI is InChI=1S/C11H13FO3S2/c1-2-15-9(14)11(12)7-6(13)5-10(8(7)11)16-3-4-17-10/h7-8H,2-5H2,1H3/t7-,8-,11-/m0/s1. The van der Waals surface area contributed by atoms with Gasteiger partial charge in [0.05, 0.1) is 16.6 Å². The minimum absolute atomic E-state index is 0.104. The first-order valence-electron chi connectivity index (χ1n) is 5.73. The van der Waals surface area contributed by atoms with Gasteiger partial charge in [0.1, 0.15) is 5.78 Å². The van der Waals surface area contributed by atoms with Gasteiger partial charge in [0, 0.05) is 23.8 Å². The molecule has 1 aliphatic heterocycles. The van der Waals surface area contributed by atoms with Crippen LogP contribution in [0.3, 0.4) is 0 Å². The van der Waals surface area contributed by atoms with Crippen molar-refractivity contribution in [2.45, 2.75) is 23.1 Å². The fraction of sp³-hybridized carbons (Fsp3) is 0.818. The molecule has 3 fully saturated rings. The van der Waals surface area contributed by atoms with Gasteiger partial charge in [-0.1, -0.05) is 0 Å². The van der Waals surface area contributed by atoms with E-state index in [1.807, 2.05) is 0 Å². The summed E-state index contributed by atoms with van der Waals surface area (Å²) in [6, 6.07) is 0. The van der Waals surface area contributed by atoms with E-state index in [9.17, 15) is 14.0 Å². The molecule has 2 saturated carbocycles. The predicted octanol–water partition coefficient (Wildman–Crippen LogP) is 1.65. The fourth-order valence-corrected chi connectivity index (χ4v) is 6.72. The normalized spacial score (nSPS) is 41.6. The zero-order valence-electron chi connectivity index (χ0n) is 9.40. The molecule has 1 saturated heterocycles. The van der Waals surface area contributed by atoms with Crippen LogP contribution in [0.5, 0.6) is 0 Å². The monoisotopic (exact) mass is 276 g/mol. The second-order valence-corrected chi connectivity index (χ2v) is 7.70. The molecule has 0 aromatic rings. The molecule has 0 amide bonds. The number of rotatable bonds is 2. The summed E-state index contributed by atoms with van der Waals surface area (Å²) in [4.78, 5) is 23.5. The van der Waals surface area contributed by atoms with Crippen LogP contribution in [0.1, 0.15) is 13.3 Å². The fourth-order valence-electron chi connectivity index (χ4n) is 3.06. The molecule has 0 radical (unpaired) electrons. The first kappa shape index (κ1) is 11.8. The molecule has 1 spiro atoms. The van der Waals surface area contributed by atoms with Crippen LogP contribution < -0.4 is 0 Å². The van der Waals surface area contributed by atoms with Gasteiger partial charge in [0.15, 0.2) is 0 Å². The number of ketones is 1. The number of carbonyl (C=O) groups is 2. The first-order chi connectivity index (χ1) is 8.06. The smallest absolute Gasteiger partial charge is 0.345 e. The Morgan fingerprint density at radius 3 is 2.76 bits per heavy atom. The van der Waals surface area contributed by atoms with Crippen LogP contribution in [0.4, 0.5) is 4.39 Å². The third kappa shape index (κ3) is 1.37. The lowest BCUT2D eigenvalue weighted by molar-refractivity contribution is -0.153. The highest BCUT2D eigenvalue weighted by molar-refractivity contribution is 8.21. The van der Waals surface area contributed by atoms with Crippen molar-refractivity contribution in [1.29, 1.82) is 0 Å². The number of carbonyl (C=O) groups excluding carboxylic acids is 2. The molecule has 1 heterocycles. The summed E-state index contributed by atoms with van der Waals surface area (Å²) in [6.07, 6.45) is 0.405. The minimum Gasteiger partial charge on any atom is -0.464 e.